The molecule has 0 aromatic carbocycles. The van der Waals surface area contributed by atoms with Gasteiger partial charge in [0.25, 0.3) is 0 Å². The van der Waals surface area contributed by atoms with Crippen LogP contribution in [0.4, 0.5) is 0 Å². The normalized spacial score (nSPS) is 24.3. The molecule has 0 aliphatic carbocycles. The summed E-state index contributed by atoms with van der Waals surface area (Å²) in [6, 6.07) is 0.0816. The van der Waals surface area contributed by atoms with Crippen molar-refractivity contribution >= 4 is 5.97 Å². The van der Waals surface area contributed by atoms with Crippen molar-refractivity contribution < 1.29 is 9.90 Å². The second-order valence-corrected chi connectivity index (χ2v) is 4.46. The lowest BCUT2D eigenvalue weighted by atomic mass is 10.1. The van der Waals surface area contributed by atoms with Crippen LogP contribution in [-0.2, 0) is 4.79 Å². The summed E-state index contributed by atoms with van der Waals surface area (Å²) in [7, 11) is 0. The Morgan fingerprint density at radius 2 is 2.40 bits per heavy atom. The van der Waals surface area contributed by atoms with Gasteiger partial charge in [-0.25, -0.2) is 0 Å². The maximum Gasteiger partial charge on any atom is 0.304 e. The summed E-state index contributed by atoms with van der Waals surface area (Å²) in [5, 5.41) is 11.9. The molecule has 0 saturated carbocycles. The fraction of sp³-hybridized carbons (Fsp3) is 0.909. The molecule has 1 aliphatic rings. The van der Waals surface area contributed by atoms with Crippen LogP contribution in [0, 0.1) is 5.92 Å². The molecule has 1 heterocycles. The lowest BCUT2D eigenvalue weighted by Gasteiger charge is -2.16. The summed E-state index contributed by atoms with van der Waals surface area (Å²) in [5.74, 6) is -0.0298. The van der Waals surface area contributed by atoms with Gasteiger partial charge in [-0.1, -0.05) is 6.92 Å². The Balaban J connectivity index is 2.12. The molecule has 4 nitrogen and oxygen atoms in total. The van der Waals surface area contributed by atoms with Crippen molar-refractivity contribution in [1.82, 2.24) is 10.2 Å². The van der Waals surface area contributed by atoms with Crippen LogP contribution >= 0.6 is 0 Å². The van der Waals surface area contributed by atoms with Gasteiger partial charge in [0, 0.05) is 12.6 Å². The third kappa shape index (κ3) is 4.62. The smallest absolute Gasteiger partial charge is 0.304 e. The fourth-order valence-electron chi connectivity index (χ4n) is 2.07. The predicted octanol–water partition coefficient (Wildman–Crippen LogP) is 0.781. The summed E-state index contributed by atoms with van der Waals surface area (Å²) >= 11 is 0. The first-order valence-electron chi connectivity index (χ1n) is 5.79. The second-order valence-electron chi connectivity index (χ2n) is 4.46. The second kappa shape index (κ2) is 6.08. The van der Waals surface area contributed by atoms with Crippen LogP contribution in [0.15, 0.2) is 0 Å². The first kappa shape index (κ1) is 12.5. The first-order valence-corrected chi connectivity index (χ1v) is 5.79. The van der Waals surface area contributed by atoms with Crippen LogP contribution in [0.25, 0.3) is 0 Å². The zero-order chi connectivity index (χ0) is 11.3. The van der Waals surface area contributed by atoms with Crippen LogP contribution in [0.2, 0.25) is 0 Å². The number of hydrogen-bond donors (Lipinski definition) is 2. The molecule has 0 aromatic rings. The molecule has 0 spiro atoms. The van der Waals surface area contributed by atoms with Gasteiger partial charge in [0.15, 0.2) is 0 Å². The van der Waals surface area contributed by atoms with Crippen molar-refractivity contribution in [2.75, 3.05) is 26.2 Å². The lowest BCUT2D eigenvalue weighted by Crippen LogP contribution is -2.34. The summed E-state index contributed by atoms with van der Waals surface area (Å²) in [6.45, 7) is 8.54. The number of nitrogens with one attached hydrogen (secondary N) is 1. The Morgan fingerprint density at radius 1 is 1.67 bits per heavy atom. The zero-order valence-electron chi connectivity index (χ0n) is 9.70. The Labute approximate surface area is 91.6 Å². The lowest BCUT2D eigenvalue weighted by molar-refractivity contribution is -0.137. The fourth-order valence-corrected chi connectivity index (χ4v) is 2.07. The highest BCUT2D eigenvalue weighted by molar-refractivity contribution is 5.67. The highest BCUT2D eigenvalue weighted by atomic mass is 16.4. The number of nitrogens with zero attached hydrogens (tertiary/aromatic N) is 1. The van der Waals surface area contributed by atoms with Gasteiger partial charge in [0.2, 0.25) is 0 Å². The summed E-state index contributed by atoms with van der Waals surface area (Å²) < 4.78 is 0. The minimum atomic E-state index is -0.725. The van der Waals surface area contributed by atoms with Crippen LogP contribution in [0.3, 0.4) is 0 Å². The van der Waals surface area contributed by atoms with E-state index in [0.717, 1.165) is 19.6 Å². The molecule has 0 bridgehead atoms. The maximum atomic E-state index is 10.5. The summed E-state index contributed by atoms with van der Waals surface area (Å²) in [5.41, 5.74) is 0. The minimum Gasteiger partial charge on any atom is -0.481 e. The summed E-state index contributed by atoms with van der Waals surface area (Å²) in [6.07, 6.45) is 1.45. The third-order valence-electron chi connectivity index (χ3n) is 3.05. The van der Waals surface area contributed by atoms with E-state index in [4.69, 9.17) is 5.11 Å². The number of carboxylic acids is 1. The van der Waals surface area contributed by atoms with E-state index in [-0.39, 0.29) is 12.5 Å². The predicted molar refractivity (Wildman–Crippen MR) is 59.9 cm³/mol. The van der Waals surface area contributed by atoms with Crippen molar-refractivity contribution in [1.29, 1.82) is 0 Å². The maximum absolute atomic E-state index is 10.5. The first-order chi connectivity index (χ1) is 7.11. The average Bonchev–Trinajstić information content (AvgIpc) is 2.61. The van der Waals surface area contributed by atoms with E-state index in [0.29, 0.717) is 5.92 Å². The molecule has 88 valence electrons. The van der Waals surface area contributed by atoms with E-state index >= 15 is 0 Å². The number of likely N-dealkylation sites (tertiary alicyclic amines) is 1. The number of carboxylic acid groups (broad SMARTS) is 1. The molecule has 0 radical (unpaired) electrons. The van der Waals surface area contributed by atoms with Gasteiger partial charge in [-0.2, -0.15) is 0 Å². The molecule has 2 N–H and O–H groups in total. The van der Waals surface area contributed by atoms with Crippen molar-refractivity contribution in [2.45, 2.75) is 32.7 Å². The molecule has 2 atom stereocenters. The van der Waals surface area contributed by atoms with Crippen molar-refractivity contribution in [3.8, 4) is 0 Å². The van der Waals surface area contributed by atoms with Crippen LogP contribution in [-0.4, -0.2) is 48.2 Å². The minimum absolute atomic E-state index is 0.0816. The number of aliphatic carboxylic acids is 1. The highest BCUT2D eigenvalue weighted by Gasteiger charge is 2.21. The Bertz CT molecular complexity index is 209. The quantitative estimate of drug-likeness (QED) is 0.686. The van der Waals surface area contributed by atoms with Crippen LogP contribution < -0.4 is 5.32 Å². The Hall–Kier alpha value is -0.610. The van der Waals surface area contributed by atoms with Gasteiger partial charge in [0.1, 0.15) is 0 Å². The summed E-state index contributed by atoms with van der Waals surface area (Å²) in [4.78, 5) is 12.9. The molecule has 1 aliphatic heterocycles. The van der Waals surface area contributed by atoms with E-state index < -0.39 is 5.97 Å². The van der Waals surface area contributed by atoms with E-state index in [2.05, 4.69) is 17.1 Å². The van der Waals surface area contributed by atoms with Gasteiger partial charge in [-0.15, -0.1) is 0 Å². The van der Waals surface area contributed by atoms with Gasteiger partial charge >= 0.3 is 5.97 Å². The monoisotopic (exact) mass is 214 g/mol. The van der Waals surface area contributed by atoms with E-state index in [1.54, 1.807) is 0 Å². The van der Waals surface area contributed by atoms with Crippen LogP contribution in [0.1, 0.15) is 26.7 Å². The molecule has 1 rings (SSSR count). The molecule has 2 unspecified atom stereocenters. The largest absolute Gasteiger partial charge is 0.481 e. The average molecular weight is 214 g/mol. The SMILES string of the molecule is CCN1CCC(CNC(C)CC(=O)O)C1. The van der Waals surface area contributed by atoms with Gasteiger partial charge < -0.3 is 15.3 Å². The molecule has 4 heteroatoms. The topological polar surface area (TPSA) is 52.6 Å². The highest BCUT2D eigenvalue weighted by Crippen LogP contribution is 2.14. The van der Waals surface area contributed by atoms with Crippen molar-refractivity contribution in [2.24, 2.45) is 5.92 Å². The van der Waals surface area contributed by atoms with Gasteiger partial charge in [-0.05, 0) is 38.9 Å². The third-order valence-corrected chi connectivity index (χ3v) is 3.05. The number of hydrogen-bond acceptors (Lipinski definition) is 3. The van der Waals surface area contributed by atoms with Gasteiger partial charge in [-0.3, -0.25) is 4.79 Å². The Morgan fingerprint density at radius 3 is 2.93 bits per heavy atom. The number of carbonyl (C=O) groups is 1. The van der Waals surface area contributed by atoms with E-state index in [1.807, 2.05) is 6.92 Å². The van der Waals surface area contributed by atoms with Gasteiger partial charge in [0.05, 0.1) is 6.42 Å². The molecule has 0 amide bonds. The molecule has 15 heavy (non-hydrogen) atoms. The Kier molecular flexibility index (Phi) is 5.05. The van der Waals surface area contributed by atoms with E-state index in [1.165, 1.54) is 13.0 Å². The van der Waals surface area contributed by atoms with Crippen molar-refractivity contribution in [3.63, 3.8) is 0 Å². The molecular weight excluding hydrogens is 192 g/mol. The van der Waals surface area contributed by atoms with E-state index in [9.17, 15) is 4.79 Å². The standard InChI is InChI=1S/C11H22N2O2/c1-3-13-5-4-10(8-13)7-12-9(2)6-11(14)15/h9-10,12H,3-8H2,1-2H3,(H,14,15). The molecular formula is C11H22N2O2. The molecule has 1 saturated heterocycles. The number of rotatable bonds is 6. The molecule has 1 fully saturated rings. The van der Waals surface area contributed by atoms with Crippen molar-refractivity contribution in [3.05, 3.63) is 0 Å². The molecule has 0 aromatic heterocycles. The van der Waals surface area contributed by atoms with Crippen LogP contribution in [0.5, 0.6) is 0 Å². The zero-order valence-corrected chi connectivity index (χ0v) is 9.70.